The van der Waals surface area contributed by atoms with E-state index in [1.54, 1.807) is 0 Å². The van der Waals surface area contributed by atoms with Crippen LogP contribution < -0.4 is 10.2 Å². The van der Waals surface area contributed by atoms with Gasteiger partial charge in [0.05, 0.1) is 5.69 Å². The lowest BCUT2D eigenvalue weighted by molar-refractivity contribution is 0.284. The van der Waals surface area contributed by atoms with E-state index >= 15 is 0 Å². The van der Waals surface area contributed by atoms with Crippen LogP contribution in [0.1, 0.15) is 18.5 Å². The Bertz CT molecular complexity index is 368. The van der Waals surface area contributed by atoms with Crippen LogP contribution in [0, 0.1) is 5.92 Å². The van der Waals surface area contributed by atoms with Crippen molar-refractivity contribution < 1.29 is 0 Å². The molecule has 0 amide bonds. The SMILES string of the molecule is CNCc1ccc(N2CCC(CN(C)C)CC2)nn1. The van der Waals surface area contributed by atoms with Gasteiger partial charge in [-0.3, -0.25) is 0 Å². The van der Waals surface area contributed by atoms with Crippen LogP contribution in [-0.2, 0) is 6.54 Å². The summed E-state index contributed by atoms with van der Waals surface area (Å²) in [6.45, 7) is 4.16. The van der Waals surface area contributed by atoms with Crippen LogP contribution >= 0.6 is 0 Å². The van der Waals surface area contributed by atoms with Crippen LogP contribution in [0.5, 0.6) is 0 Å². The molecular weight excluding hydrogens is 238 g/mol. The Labute approximate surface area is 116 Å². The van der Waals surface area contributed by atoms with Gasteiger partial charge in [-0.15, -0.1) is 5.10 Å². The summed E-state index contributed by atoms with van der Waals surface area (Å²) in [5.74, 6) is 1.84. The molecule has 19 heavy (non-hydrogen) atoms. The van der Waals surface area contributed by atoms with E-state index in [1.165, 1.54) is 19.4 Å². The molecule has 1 fully saturated rings. The molecule has 0 aliphatic carbocycles. The van der Waals surface area contributed by atoms with Gasteiger partial charge in [0, 0.05) is 26.2 Å². The smallest absolute Gasteiger partial charge is 0.151 e. The summed E-state index contributed by atoms with van der Waals surface area (Å²) < 4.78 is 0. The first-order chi connectivity index (χ1) is 9.19. The van der Waals surface area contributed by atoms with Crippen LogP contribution in [0.4, 0.5) is 5.82 Å². The minimum atomic E-state index is 0.776. The fourth-order valence-corrected chi connectivity index (χ4v) is 2.66. The van der Waals surface area contributed by atoms with Gasteiger partial charge in [-0.25, -0.2) is 0 Å². The van der Waals surface area contributed by atoms with Gasteiger partial charge in [-0.2, -0.15) is 5.10 Å². The first-order valence-electron chi connectivity index (χ1n) is 7.06. The highest BCUT2D eigenvalue weighted by molar-refractivity contribution is 5.37. The number of aromatic nitrogens is 2. The van der Waals surface area contributed by atoms with Crippen molar-refractivity contribution in [3.63, 3.8) is 0 Å². The first kappa shape index (κ1) is 14.2. The van der Waals surface area contributed by atoms with Crippen molar-refractivity contribution in [1.29, 1.82) is 0 Å². The minimum absolute atomic E-state index is 0.776. The molecule has 1 aliphatic rings. The second kappa shape index (κ2) is 6.82. The topological polar surface area (TPSA) is 44.3 Å². The molecule has 0 unspecified atom stereocenters. The van der Waals surface area contributed by atoms with E-state index in [-0.39, 0.29) is 0 Å². The minimum Gasteiger partial charge on any atom is -0.355 e. The Morgan fingerprint density at radius 2 is 2.00 bits per heavy atom. The fraction of sp³-hybridized carbons (Fsp3) is 0.714. The summed E-state index contributed by atoms with van der Waals surface area (Å²) in [4.78, 5) is 4.63. The summed E-state index contributed by atoms with van der Waals surface area (Å²) >= 11 is 0. The van der Waals surface area contributed by atoms with E-state index < -0.39 is 0 Å². The molecule has 2 heterocycles. The molecule has 0 saturated carbocycles. The first-order valence-corrected chi connectivity index (χ1v) is 7.06. The summed E-state index contributed by atoms with van der Waals surface area (Å²) in [5.41, 5.74) is 0.994. The zero-order valence-electron chi connectivity index (χ0n) is 12.3. The van der Waals surface area contributed by atoms with Crippen molar-refractivity contribution in [3.8, 4) is 0 Å². The quantitative estimate of drug-likeness (QED) is 0.858. The maximum Gasteiger partial charge on any atom is 0.151 e. The Morgan fingerprint density at radius 3 is 2.53 bits per heavy atom. The van der Waals surface area contributed by atoms with Gasteiger partial charge < -0.3 is 15.1 Å². The molecule has 1 aliphatic heterocycles. The van der Waals surface area contributed by atoms with E-state index in [9.17, 15) is 0 Å². The maximum atomic E-state index is 4.33. The van der Waals surface area contributed by atoms with Crippen LogP contribution in [0.3, 0.4) is 0 Å². The highest BCUT2D eigenvalue weighted by Gasteiger charge is 2.20. The molecule has 2 rings (SSSR count). The normalized spacial score (nSPS) is 17.2. The molecule has 1 saturated heterocycles. The average Bonchev–Trinajstić information content (AvgIpc) is 2.40. The molecule has 5 heteroatoms. The van der Waals surface area contributed by atoms with Gasteiger partial charge in [0.1, 0.15) is 0 Å². The summed E-state index contributed by atoms with van der Waals surface area (Å²) in [5, 5.41) is 11.7. The molecule has 1 aromatic heterocycles. The van der Waals surface area contributed by atoms with E-state index in [0.717, 1.165) is 37.1 Å². The van der Waals surface area contributed by atoms with Gasteiger partial charge in [0.25, 0.3) is 0 Å². The van der Waals surface area contributed by atoms with Crippen molar-refractivity contribution in [2.24, 2.45) is 5.92 Å². The largest absolute Gasteiger partial charge is 0.355 e. The number of hydrogen-bond donors (Lipinski definition) is 1. The standard InChI is InChI=1S/C14H25N5/c1-15-10-13-4-5-14(17-16-13)19-8-6-12(7-9-19)11-18(2)3/h4-5,12,15H,6-11H2,1-3H3. The summed E-state index contributed by atoms with van der Waals surface area (Å²) in [6.07, 6.45) is 2.50. The van der Waals surface area contributed by atoms with Crippen LogP contribution in [-0.4, -0.2) is 55.9 Å². The molecule has 0 spiro atoms. The Kier molecular flexibility index (Phi) is 5.10. The second-order valence-electron chi connectivity index (χ2n) is 5.61. The highest BCUT2D eigenvalue weighted by Crippen LogP contribution is 2.21. The summed E-state index contributed by atoms with van der Waals surface area (Å²) in [7, 11) is 6.22. The van der Waals surface area contributed by atoms with E-state index in [4.69, 9.17) is 0 Å². The van der Waals surface area contributed by atoms with E-state index in [0.29, 0.717) is 0 Å². The molecule has 0 radical (unpaired) electrons. The average molecular weight is 263 g/mol. The van der Waals surface area contributed by atoms with Crippen molar-refractivity contribution in [2.45, 2.75) is 19.4 Å². The summed E-state index contributed by atoms with van der Waals surface area (Å²) in [6, 6.07) is 4.15. The van der Waals surface area contributed by atoms with E-state index in [2.05, 4.69) is 51.5 Å². The molecule has 0 aromatic carbocycles. The molecule has 0 bridgehead atoms. The maximum absolute atomic E-state index is 4.33. The van der Waals surface area contributed by atoms with Gasteiger partial charge in [0.2, 0.25) is 0 Å². The molecule has 1 N–H and O–H groups in total. The number of piperidine rings is 1. The zero-order valence-corrected chi connectivity index (χ0v) is 12.3. The van der Waals surface area contributed by atoms with Gasteiger partial charge in [0.15, 0.2) is 5.82 Å². The zero-order chi connectivity index (χ0) is 13.7. The molecular formula is C14H25N5. The van der Waals surface area contributed by atoms with Gasteiger partial charge in [-0.05, 0) is 52.0 Å². The van der Waals surface area contributed by atoms with Crippen molar-refractivity contribution >= 4 is 5.82 Å². The highest BCUT2D eigenvalue weighted by atomic mass is 15.3. The molecule has 106 valence electrons. The van der Waals surface area contributed by atoms with Crippen LogP contribution in [0.15, 0.2) is 12.1 Å². The van der Waals surface area contributed by atoms with Crippen LogP contribution in [0.25, 0.3) is 0 Å². The molecule has 0 atom stereocenters. The third-order valence-electron chi connectivity index (χ3n) is 3.63. The van der Waals surface area contributed by atoms with Gasteiger partial charge in [-0.1, -0.05) is 0 Å². The third kappa shape index (κ3) is 4.14. The lowest BCUT2D eigenvalue weighted by Crippen LogP contribution is -2.37. The number of rotatable bonds is 5. The van der Waals surface area contributed by atoms with E-state index in [1.807, 2.05) is 7.05 Å². The van der Waals surface area contributed by atoms with Crippen molar-refractivity contribution in [1.82, 2.24) is 20.4 Å². The van der Waals surface area contributed by atoms with Gasteiger partial charge >= 0.3 is 0 Å². The predicted molar refractivity (Wildman–Crippen MR) is 78.3 cm³/mol. The number of hydrogen-bond acceptors (Lipinski definition) is 5. The van der Waals surface area contributed by atoms with Crippen LogP contribution in [0.2, 0.25) is 0 Å². The van der Waals surface area contributed by atoms with Crippen molar-refractivity contribution in [2.75, 3.05) is 45.7 Å². The monoisotopic (exact) mass is 263 g/mol. The van der Waals surface area contributed by atoms with Crippen molar-refractivity contribution in [3.05, 3.63) is 17.8 Å². The predicted octanol–water partition coefficient (Wildman–Crippen LogP) is 0.974. The second-order valence-corrected chi connectivity index (χ2v) is 5.61. The Balaban J connectivity index is 1.87. The Hall–Kier alpha value is -1.20. The Morgan fingerprint density at radius 1 is 1.26 bits per heavy atom. The lowest BCUT2D eigenvalue weighted by Gasteiger charge is -2.33. The number of nitrogens with zero attached hydrogens (tertiary/aromatic N) is 4. The molecule has 5 nitrogen and oxygen atoms in total. The number of anilines is 1. The third-order valence-corrected chi connectivity index (χ3v) is 3.63. The fourth-order valence-electron chi connectivity index (χ4n) is 2.66. The number of nitrogens with one attached hydrogen (secondary N) is 1. The molecule has 1 aromatic rings. The lowest BCUT2D eigenvalue weighted by atomic mass is 9.96.